The highest BCUT2D eigenvalue weighted by Crippen LogP contribution is 2.39. The van der Waals surface area contributed by atoms with Crippen molar-refractivity contribution in [1.29, 1.82) is 0 Å². The van der Waals surface area contributed by atoms with Gasteiger partial charge >= 0.3 is 5.97 Å². The summed E-state index contributed by atoms with van der Waals surface area (Å²) in [6.07, 6.45) is 1.70. The second-order valence-electron chi connectivity index (χ2n) is 11.1. The van der Waals surface area contributed by atoms with Gasteiger partial charge in [-0.25, -0.2) is 9.79 Å². The SMILES string of the molecule is CCOC(=O)C1=C(C)N=c2s/c(=C/c3cc(Br)c(OCc4ccc(Cl)cc4)c(OCC)c3)c(=O)n2[C@@H]1c1ccc(OC(C)C)c(OC)c1. The lowest BCUT2D eigenvalue weighted by atomic mass is 9.95. The van der Waals surface area contributed by atoms with Crippen LogP contribution in [0, 0.1) is 0 Å². The Labute approximate surface area is 296 Å². The standard InChI is InChI=1S/C36H36BrClN2O7S/c1-7-44-29-16-23(15-26(37)33(29)46-19-22-9-12-25(38)13-10-22)17-30-34(41)40-32(24-11-14-27(47-20(3)4)28(18-24)43-6)31(35(42)45-8-2)21(5)39-36(40)48-30/h9-18,20,32H,7-8,19H2,1-6H3/b30-17+/t32-/m1/s1. The highest BCUT2D eigenvalue weighted by Gasteiger charge is 2.34. The number of methoxy groups -OCH3 is 1. The third-order valence-electron chi connectivity index (χ3n) is 7.31. The zero-order chi connectivity index (χ0) is 34.5. The van der Waals surface area contributed by atoms with Crippen LogP contribution in [0.25, 0.3) is 6.08 Å². The average Bonchev–Trinajstić information content (AvgIpc) is 3.34. The molecule has 0 unspecified atom stereocenters. The number of aromatic nitrogens is 1. The van der Waals surface area contributed by atoms with Crippen molar-refractivity contribution in [2.75, 3.05) is 20.3 Å². The summed E-state index contributed by atoms with van der Waals surface area (Å²) >= 11 is 10.9. The van der Waals surface area contributed by atoms with Crippen LogP contribution in [0.2, 0.25) is 5.02 Å². The average molecular weight is 756 g/mol. The number of hydrogen-bond acceptors (Lipinski definition) is 9. The van der Waals surface area contributed by atoms with Crippen LogP contribution in [0.4, 0.5) is 0 Å². The summed E-state index contributed by atoms with van der Waals surface area (Å²) < 4.78 is 31.7. The van der Waals surface area contributed by atoms with Gasteiger partial charge in [-0.3, -0.25) is 9.36 Å². The summed E-state index contributed by atoms with van der Waals surface area (Å²) in [7, 11) is 1.55. The highest BCUT2D eigenvalue weighted by molar-refractivity contribution is 9.10. The molecule has 1 aromatic heterocycles. The lowest BCUT2D eigenvalue weighted by molar-refractivity contribution is -0.139. The van der Waals surface area contributed by atoms with E-state index in [4.69, 9.17) is 35.3 Å². The lowest BCUT2D eigenvalue weighted by Crippen LogP contribution is -2.40. The summed E-state index contributed by atoms with van der Waals surface area (Å²) in [5, 5.41) is 0.650. The summed E-state index contributed by atoms with van der Waals surface area (Å²) in [5.41, 5.74) is 2.75. The minimum atomic E-state index is -0.807. The first-order valence-corrected chi connectivity index (χ1v) is 17.4. The first kappa shape index (κ1) is 35.3. The molecular formula is C36H36BrClN2O7S. The van der Waals surface area contributed by atoms with Gasteiger partial charge in [0.05, 0.1) is 52.7 Å². The van der Waals surface area contributed by atoms with Gasteiger partial charge in [-0.05, 0) is 110 Å². The van der Waals surface area contributed by atoms with E-state index in [0.29, 0.717) is 71.9 Å². The first-order valence-electron chi connectivity index (χ1n) is 15.4. The maximum absolute atomic E-state index is 14.2. The molecule has 0 spiro atoms. The molecule has 0 fully saturated rings. The van der Waals surface area contributed by atoms with Crippen molar-refractivity contribution in [3.63, 3.8) is 0 Å². The van der Waals surface area contributed by atoms with E-state index in [1.807, 2.05) is 63.2 Å². The van der Waals surface area contributed by atoms with Crippen molar-refractivity contribution in [2.24, 2.45) is 4.99 Å². The number of esters is 1. The Morgan fingerprint density at radius 3 is 2.46 bits per heavy atom. The van der Waals surface area contributed by atoms with Gasteiger partial charge in [0.1, 0.15) is 6.61 Å². The number of nitrogens with zero attached hydrogens (tertiary/aromatic N) is 2. The molecule has 4 aromatic rings. The van der Waals surface area contributed by atoms with Gasteiger partial charge in [0.25, 0.3) is 5.56 Å². The van der Waals surface area contributed by atoms with Crippen LogP contribution >= 0.6 is 38.9 Å². The molecule has 1 aliphatic heterocycles. The van der Waals surface area contributed by atoms with Crippen molar-refractivity contribution in [3.8, 4) is 23.0 Å². The summed E-state index contributed by atoms with van der Waals surface area (Å²) in [6, 6.07) is 15.7. The summed E-state index contributed by atoms with van der Waals surface area (Å²) in [4.78, 5) is 32.7. The second kappa shape index (κ2) is 15.4. The quantitative estimate of drug-likeness (QED) is 0.144. The number of carbonyl (C=O) groups excluding carboxylic acids is 1. The zero-order valence-electron chi connectivity index (χ0n) is 27.5. The van der Waals surface area contributed by atoms with Crippen LogP contribution in [0.15, 0.2) is 80.1 Å². The Kier molecular flexibility index (Phi) is 11.3. The molecule has 9 nitrogen and oxygen atoms in total. The van der Waals surface area contributed by atoms with Crippen molar-refractivity contribution in [1.82, 2.24) is 4.57 Å². The number of ether oxygens (including phenoxy) is 5. The molecule has 0 amide bonds. The van der Waals surface area contributed by atoms with E-state index in [0.717, 1.165) is 5.56 Å². The lowest BCUT2D eigenvalue weighted by Gasteiger charge is -2.25. The van der Waals surface area contributed by atoms with E-state index < -0.39 is 12.0 Å². The highest BCUT2D eigenvalue weighted by atomic mass is 79.9. The fraction of sp³-hybridized carbons (Fsp3) is 0.306. The fourth-order valence-electron chi connectivity index (χ4n) is 5.27. The Bertz CT molecular complexity index is 2040. The normalized spacial score (nSPS) is 14.4. The number of rotatable bonds is 12. The molecule has 5 rings (SSSR count). The number of allylic oxidation sites excluding steroid dienone is 1. The monoisotopic (exact) mass is 754 g/mol. The fourth-order valence-corrected chi connectivity index (χ4v) is 7.02. The predicted octanol–water partition coefficient (Wildman–Crippen LogP) is 6.99. The Balaban J connectivity index is 1.60. The third kappa shape index (κ3) is 7.64. The number of fused-ring (bicyclic) bond motifs is 1. The van der Waals surface area contributed by atoms with Crippen LogP contribution in [0.5, 0.6) is 23.0 Å². The molecule has 0 bridgehead atoms. The van der Waals surface area contributed by atoms with Gasteiger partial charge in [-0.15, -0.1) is 0 Å². The topological polar surface area (TPSA) is 97.6 Å². The molecule has 0 aliphatic carbocycles. The number of benzene rings is 3. The van der Waals surface area contributed by atoms with Gasteiger partial charge in [0, 0.05) is 5.02 Å². The molecule has 12 heteroatoms. The van der Waals surface area contributed by atoms with E-state index >= 15 is 0 Å². The minimum absolute atomic E-state index is 0.0768. The Hall–Kier alpha value is -4.06. The molecule has 2 heterocycles. The van der Waals surface area contributed by atoms with Gasteiger partial charge in [0.15, 0.2) is 27.8 Å². The van der Waals surface area contributed by atoms with Crippen molar-refractivity contribution < 1.29 is 28.5 Å². The molecule has 48 heavy (non-hydrogen) atoms. The van der Waals surface area contributed by atoms with Crippen molar-refractivity contribution in [2.45, 2.75) is 53.4 Å². The molecule has 1 aliphatic rings. The molecule has 0 radical (unpaired) electrons. The molecule has 252 valence electrons. The van der Waals surface area contributed by atoms with Crippen LogP contribution in [-0.2, 0) is 16.1 Å². The van der Waals surface area contributed by atoms with Gasteiger partial charge in [0.2, 0.25) is 0 Å². The molecule has 3 aromatic carbocycles. The zero-order valence-corrected chi connectivity index (χ0v) is 30.6. The second-order valence-corrected chi connectivity index (χ2v) is 13.4. The third-order valence-corrected chi connectivity index (χ3v) is 9.13. The largest absolute Gasteiger partial charge is 0.493 e. The number of hydrogen-bond donors (Lipinski definition) is 0. The van der Waals surface area contributed by atoms with E-state index in [2.05, 4.69) is 20.9 Å². The van der Waals surface area contributed by atoms with Crippen molar-refractivity contribution in [3.05, 3.63) is 112 Å². The van der Waals surface area contributed by atoms with Gasteiger partial charge in [-0.2, -0.15) is 0 Å². The van der Waals surface area contributed by atoms with Crippen molar-refractivity contribution >= 4 is 50.9 Å². The molecule has 0 N–H and O–H groups in total. The maximum atomic E-state index is 14.2. The molecule has 0 saturated heterocycles. The smallest absolute Gasteiger partial charge is 0.338 e. The van der Waals surface area contributed by atoms with Crippen LogP contribution in [0.1, 0.15) is 57.4 Å². The summed E-state index contributed by atoms with van der Waals surface area (Å²) in [6.45, 7) is 10.1. The van der Waals surface area contributed by atoms with Crippen LogP contribution in [-0.4, -0.2) is 37.0 Å². The van der Waals surface area contributed by atoms with E-state index in [1.165, 1.54) is 15.9 Å². The van der Waals surface area contributed by atoms with Gasteiger partial charge in [-0.1, -0.05) is 41.1 Å². The predicted molar refractivity (Wildman–Crippen MR) is 190 cm³/mol. The van der Waals surface area contributed by atoms with E-state index in [1.54, 1.807) is 39.2 Å². The number of halogens is 2. The number of thiazole rings is 1. The van der Waals surface area contributed by atoms with Crippen LogP contribution < -0.4 is 33.8 Å². The molecule has 1 atom stereocenters. The Morgan fingerprint density at radius 2 is 1.79 bits per heavy atom. The van der Waals surface area contributed by atoms with Gasteiger partial charge < -0.3 is 23.7 Å². The minimum Gasteiger partial charge on any atom is -0.493 e. The summed E-state index contributed by atoms with van der Waals surface area (Å²) in [5.74, 6) is 1.55. The van der Waals surface area contributed by atoms with E-state index in [-0.39, 0.29) is 23.8 Å². The number of carbonyl (C=O) groups is 1. The Morgan fingerprint density at radius 1 is 1.04 bits per heavy atom. The van der Waals surface area contributed by atoms with E-state index in [9.17, 15) is 9.59 Å². The van der Waals surface area contributed by atoms with Crippen LogP contribution in [0.3, 0.4) is 0 Å². The maximum Gasteiger partial charge on any atom is 0.338 e. The molecular weight excluding hydrogens is 720 g/mol. The first-order chi connectivity index (χ1) is 23.0. The molecule has 0 saturated carbocycles.